The smallest absolute Gasteiger partial charge is 0.338 e. The van der Waals surface area contributed by atoms with Gasteiger partial charge >= 0.3 is 5.97 Å². The molecule has 0 saturated heterocycles. The Bertz CT molecular complexity index is 1480. The van der Waals surface area contributed by atoms with Crippen molar-refractivity contribution in [1.29, 1.82) is 0 Å². The van der Waals surface area contributed by atoms with Crippen LogP contribution in [0.2, 0.25) is 0 Å². The molecule has 0 aliphatic carbocycles. The van der Waals surface area contributed by atoms with Crippen LogP contribution in [-0.4, -0.2) is 23.2 Å². The van der Waals surface area contributed by atoms with Crippen LogP contribution in [0, 0.1) is 0 Å². The van der Waals surface area contributed by atoms with Crippen LogP contribution in [0.25, 0.3) is 6.08 Å². The zero-order valence-electron chi connectivity index (χ0n) is 21.6. The highest BCUT2D eigenvalue weighted by Gasteiger charge is 2.35. The van der Waals surface area contributed by atoms with Crippen molar-refractivity contribution in [3.63, 3.8) is 0 Å². The van der Waals surface area contributed by atoms with Gasteiger partial charge in [0.25, 0.3) is 5.56 Å². The molecule has 0 bridgehead atoms. The van der Waals surface area contributed by atoms with E-state index in [4.69, 9.17) is 9.47 Å². The van der Waals surface area contributed by atoms with Gasteiger partial charge in [0.2, 0.25) is 0 Å². The van der Waals surface area contributed by atoms with Crippen LogP contribution in [-0.2, 0) is 9.53 Å². The van der Waals surface area contributed by atoms with Crippen LogP contribution in [0.5, 0.6) is 5.75 Å². The quantitative estimate of drug-likeness (QED) is 0.437. The second kappa shape index (κ2) is 10.7. The van der Waals surface area contributed by atoms with Crippen LogP contribution in [0.15, 0.2) is 69.6 Å². The monoisotopic (exact) mass is 504 g/mol. The first-order valence-corrected chi connectivity index (χ1v) is 13.1. The number of benzene rings is 2. The summed E-state index contributed by atoms with van der Waals surface area (Å²) in [6.07, 6.45) is 1.80. The van der Waals surface area contributed by atoms with Gasteiger partial charge in [0.05, 0.1) is 28.5 Å². The highest BCUT2D eigenvalue weighted by Crippen LogP contribution is 2.36. The highest BCUT2D eigenvalue weighted by molar-refractivity contribution is 7.07. The van der Waals surface area contributed by atoms with Crippen molar-refractivity contribution in [3.05, 3.63) is 96.2 Å². The molecule has 1 aromatic heterocycles. The number of nitrogens with zero attached hydrogens (tertiary/aromatic N) is 2. The van der Waals surface area contributed by atoms with Crippen LogP contribution in [0.3, 0.4) is 0 Å². The first-order chi connectivity index (χ1) is 17.2. The summed E-state index contributed by atoms with van der Waals surface area (Å²) in [7, 11) is 0. The Morgan fingerprint density at radius 3 is 2.44 bits per heavy atom. The zero-order chi connectivity index (χ0) is 26.0. The molecular weight excluding hydrogens is 472 g/mol. The number of fused-ring (bicyclic) bond motifs is 1. The Kier molecular flexibility index (Phi) is 7.59. The second-order valence-electron chi connectivity index (χ2n) is 9.33. The van der Waals surface area contributed by atoms with Crippen LogP contribution < -0.4 is 19.6 Å². The van der Waals surface area contributed by atoms with E-state index in [-0.39, 0.29) is 18.3 Å². The number of hydrogen-bond donors (Lipinski definition) is 0. The molecule has 7 heteroatoms. The van der Waals surface area contributed by atoms with Crippen LogP contribution >= 0.6 is 11.3 Å². The van der Waals surface area contributed by atoms with E-state index in [1.807, 2.05) is 56.3 Å². The maximum atomic E-state index is 13.8. The fourth-order valence-corrected chi connectivity index (χ4v) is 5.33. The molecule has 0 unspecified atom stereocenters. The van der Waals surface area contributed by atoms with Gasteiger partial charge in [0, 0.05) is 5.56 Å². The van der Waals surface area contributed by atoms with Crippen molar-refractivity contribution in [2.75, 3.05) is 6.61 Å². The van der Waals surface area contributed by atoms with Crippen molar-refractivity contribution < 1.29 is 14.3 Å². The molecule has 1 atom stereocenters. The molecule has 0 N–H and O–H groups in total. The number of aromatic nitrogens is 1. The maximum absolute atomic E-state index is 13.8. The Morgan fingerprint density at radius 1 is 1.11 bits per heavy atom. The summed E-state index contributed by atoms with van der Waals surface area (Å²) in [5, 5.41) is 0. The van der Waals surface area contributed by atoms with E-state index < -0.39 is 12.0 Å². The summed E-state index contributed by atoms with van der Waals surface area (Å²) in [5.74, 6) is 0.566. The lowest BCUT2D eigenvalue weighted by Crippen LogP contribution is -2.40. The van der Waals surface area contributed by atoms with Crippen LogP contribution in [0.1, 0.15) is 70.2 Å². The fourth-order valence-electron chi connectivity index (χ4n) is 4.28. The third kappa shape index (κ3) is 5.07. The van der Waals surface area contributed by atoms with E-state index in [0.717, 1.165) is 11.1 Å². The van der Waals surface area contributed by atoms with E-state index in [9.17, 15) is 9.59 Å². The normalized spacial score (nSPS) is 15.8. The Morgan fingerprint density at radius 2 is 1.81 bits per heavy atom. The third-order valence-electron chi connectivity index (χ3n) is 5.99. The Hall–Kier alpha value is -3.45. The Labute approximate surface area is 215 Å². The number of thiazole rings is 1. The van der Waals surface area contributed by atoms with Gasteiger partial charge < -0.3 is 9.47 Å². The van der Waals surface area contributed by atoms with Gasteiger partial charge in [-0.1, -0.05) is 67.6 Å². The minimum Gasteiger partial charge on any atom is -0.491 e. The third-order valence-corrected chi connectivity index (χ3v) is 6.98. The molecule has 188 valence electrons. The summed E-state index contributed by atoms with van der Waals surface area (Å²) in [4.78, 5) is 32.1. The largest absolute Gasteiger partial charge is 0.491 e. The minimum absolute atomic E-state index is 0.0769. The van der Waals surface area contributed by atoms with Crippen LogP contribution in [0.4, 0.5) is 0 Å². The minimum atomic E-state index is -0.708. The molecule has 0 spiro atoms. The number of rotatable bonds is 7. The Balaban J connectivity index is 1.93. The van der Waals surface area contributed by atoms with Crippen molar-refractivity contribution >= 4 is 23.4 Å². The molecule has 0 radical (unpaired) electrons. The molecule has 0 amide bonds. The summed E-state index contributed by atoms with van der Waals surface area (Å²) in [5.41, 5.74) is 3.57. The summed E-state index contributed by atoms with van der Waals surface area (Å²) in [6, 6.07) is 15.0. The van der Waals surface area contributed by atoms with E-state index in [1.165, 1.54) is 16.9 Å². The van der Waals surface area contributed by atoms with Gasteiger partial charge in [-0.3, -0.25) is 9.36 Å². The molecule has 0 saturated carbocycles. The molecule has 36 heavy (non-hydrogen) atoms. The second-order valence-corrected chi connectivity index (χ2v) is 10.3. The maximum Gasteiger partial charge on any atom is 0.338 e. The fraction of sp³-hybridized carbons (Fsp3) is 0.345. The van der Waals surface area contributed by atoms with Crippen molar-refractivity contribution in [2.45, 2.75) is 59.6 Å². The predicted octanol–water partition coefficient (Wildman–Crippen LogP) is 4.71. The molecule has 4 rings (SSSR count). The number of carbonyl (C=O) groups is 1. The standard InChI is InChI=1S/C29H32N2O4S/c1-7-34-28(33)25-19(6)30-29-31(26(25)22-10-8-9-11-23(22)35-18(4)5)27(32)24(36-29)16-20-12-14-21(15-13-20)17(2)3/h8-18,26H,7H2,1-6H3/b24-16+/t26-/m1/s1. The lowest BCUT2D eigenvalue weighted by Gasteiger charge is -2.26. The van der Waals surface area contributed by atoms with Gasteiger partial charge in [0.1, 0.15) is 11.8 Å². The number of ether oxygens (including phenoxy) is 2. The van der Waals surface area contributed by atoms with Gasteiger partial charge in [-0.25, -0.2) is 9.79 Å². The highest BCUT2D eigenvalue weighted by atomic mass is 32.1. The SMILES string of the molecule is CCOC(=O)C1=C(C)N=c2s/c(=C/c3ccc(C(C)C)cc3)c(=O)n2[C@@H]1c1ccccc1OC(C)C. The number of esters is 1. The number of hydrogen-bond acceptors (Lipinski definition) is 6. The zero-order valence-corrected chi connectivity index (χ0v) is 22.4. The number of allylic oxidation sites excluding steroid dienone is 1. The van der Waals surface area contributed by atoms with Crippen molar-refractivity contribution in [1.82, 2.24) is 4.57 Å². The average molecular weight is 505 g/mol. The van der Waals surface area contributed by atoms with Gasteiger partial charge in [-0.15, -0.1) is 0 Å². The molecule has 2 aromatic carbocycles. The lowest BCUT2D eigenvalue weighted by atomic mass is 9.95. The van der Waals surface area contributed by atoms with Gasteiger partial charge in [-0.05, 0) is 56.9 Å². The number of carbonyl (C=O) groups excluding carboxylic acids is 1. The average Bonchev–Trinajstić information content (AvgIpc) is 3.13. The van der Waals surface area contributed by atoms with E-state index in [0.29, 0.717) is 32.3 Å². The topological polar surface area (TPSA) is 69.9 Å². The molecule has 3 aromatic rings. The van der Waals surface area contributed by atoms with Crippen molar-refractivity contribution in [2.24, 2.45) is 4.99 Å². The summed E-state index contributed by atoms with van der Waals surface area (Å²) < 4.78 is 13.6. The lowest BCUT2D eigenvalue weighted by molar-refractivity contribution is -0.139. The number of para-hydroxylation sites is 1. The summed E-state index contributed by atoms with van der Waals surface area (Å²) >= 11 is 1.32. The molecular formula is C29H32N2O4S. The molecule has 1 aliphatic rings. The first-order valence-electron chi connectivity index (χ1n) is 12.3. The van der Waals surface area contributed by atoms with Gasteiger partial charge in [-0.2, -0.15) is 0 Å². The molecule has 2 heterocycles. The first kappa shape index (κ1) is 25.6. The summed E-state index contributed by atoms with van der Waals surface area (Å²) in [6.45, 7) is 12.0. The van der Waals surface area contributed by atoms with Gasteiger partial charge in [0.15, 0.2) is 4.80 Å². The van der Waals surface area contributed by atoms with E-state index in [2.05, 4.69) is 31.0 Å². The van der Waals surface area contributed by atoms with E-state index >= 15 is 0 Å². The molecule has 6 nitrogen and oxygen atoms in total. The van der Waals surface area contributed by atoms with E-state index in [1.54, 1.807) is 18.4 Å². The molecule has 0 fully saturated rings. The molecule has 1 aliphatic heterocycles. The van der Waals surface area contributed by atoms with Crippen molar-refractivity contribution in [3.8, 4) is 5.75 Å². The predicted molar refractivity (Wildman–Crippen MR) is 143 cm³/mol.